The second-order valence-electron chi connectivity index (χ2n) is 4.69. The van der Waals surface area contributed by atoms with Gasteiger partial charge >= 0.3 is 5.97 Å². The fraction of sp³-hybridized carbons (Fsp3) is 0.312. The lowest BCUT2D eigenvalue weighted by Gasteiger charge is -2.02. The summed E-state index contributed by atoms with van der Waals surface area (Å²) >= 11 is 0. The minimum atomic E-state index is -0.472. The molecule has 0 aromatic heterocycles. The summed E-state index contributed by atoms with van der Waals surface area (Å²) in [6.07, 6.45) is 5.28. The molecule has 19 heavy (non-hydrogen) atoms. The summed E-state index contributed by atoms with van der Waals surface area (Å²) in [5.41, 5.74) is 2.20. The lowest BCUT2D eigenvalue weighted by Crippen LogP contribution is -2.05. The molecular weight excluding hydrogens is 243 g/mol. The Hall–Kier alpha value is -1.90. The molecule has 0 saturated carbocycles. The first-order valence-corrected chi connectivity index (χ1v) is 6.25. The highest BCUT2D eigenvalue weighted by atomic mass is 19.1. The van der Waals surface area contributed by atoms with E-state index >= 15 is 0 Å². The zero-order valence-corrected chi connectivity index (χ0v) is 11.6. The van der Waals surface area contributed by atoms with Gasteiger partial charge < -0.3 is 4.74 Å². The zero-order chi connectivity index (χ0) is 14.3. The van der Waals surface area contributed by atoms with Gasteiger partial charge in [-0.2, -0.15) is 0 Å². The smallest absolute Gasteiger partial charge is 0.336 e. The summed E-state index contributed by atoms with van der Waals surface area (Å²) < 4.78 is 17.9. The Bertz CT molecular complexity index is 497. The van der Waals surface area contributed by atoms with Crippen molar-refractivity contribution in [2.75, 3.05) is 0 Å². The van der Waals surface area contributed by atoms with Crippen molar-refractivity contribution in [2.24, 2.45) is 0 Å². The quantitative estimate of drug-likeness (QED) is 0.340. The topological polar surface area (TPSA) is 26.3 Å². The molecule has 1 rings (SSSR count). The SMILES string of the molecule is CC(C)=CCC/C(C)=C/C(=O)Oc1cccc(F)c1. The number of esters is 1. The molecule has 1 aromatic rings. The van der Waals surface area contributed by atoms with Crippen molar-refractivity contribution in [3.63, 3.8) is 0 Å². The summed E-state index contributed by atoms with van der Waals surface area (Å²) in [5, 5.41) is 0. The maximum absolute atomic E-state index is 12.9. The molecule has 0 unspecified atom stereocenters. The summed E-state index contributed by atoms with van der Waals surface area (Å²) in [6, 6.07) is 5.54. The Kier molecular flexibility index (Phi) is 6.00. The molecule has 102 valence electrons. The van der Waals surface area contributed by atoms with Crippen LogP contribution in [0.2, 0.25) is 0 Å². The normalized spacial score (nSPS) is 11.1. The third kappa shape index (κ3) is 6.55. The van der Waals surface area contributed by atoms with E-state index in [0.717, 1.165) is 18.4 Å². The minimum Gasteiger partial charge on any atom is -0.423 e. The molecule has 3 heteroatoms. The first-order chi connectivity index (χ1) is 8.97. The lowest BCUT2D eigenvalue weighted by molar-refractivity contribution is -0.129. The van der Waals surface area contributed by atoms with E-state index < -0.39 is 11.8 Å². The highest BCUT2D eigenvalue weighted by molar-refractivity contribution is 5.84. The van der Waals surface area contributed by atoms with E-state index in [1.165, 1.54) is 29.8 Å². The van der Waals surface area contributed by atoms with Gasteiger partial charge in [0.05, 0.1) is 0 Å². The molecule has 0 atom stereocenters. The molecule has 0 aliphatic carbocycles. The van der Waals surface area contributed by atoms with E-state index in [4.69, 9.17) is 4.74 Å². The van der Waals surface area contributed by atoms with E-state index in [1.54, 1.807) is 6.07 Å². The van der Waals surface area contributed by atoms with Gasteiger partial charge in [0.2, 0.25) is 0 Å². The molecule has 0 amide bonds. The molecule has 1 aromatic carbocycles. The van der Waals surface area contributed by atoms with E-state index in [9.17, 15) is 9.18 Å². The average molecular weight is 262 g/mol. The minimum absolute atomic E-state index is 0.221. The van der Waals surface area contributed by atoms with Crippen molar-refractivity contribution in [2.45, 2.75) is 33.6 Å². The predicted octanol–water partition coefficient (Wildman–Crippen LogP) is 4.42. The predicted molar refractivity (Wildman–Crippen MR) is 74.5 cm³/mol. The van der Waals surface area contributed by atoms with Crippen LogP contribution < -0.4 is 4.74 Å². The van der Waals surface area contributed by atoms with Crippen molar-refractivity contribution < 1.29 is 13.9 Å². The lowest BCUT2D eigenvalue weighted by atomic mass is 10.1. The van der Waals surface area contributed by atoms with Gasteiger partial charge in [-0.3, -0.25) is 0 Å². The van der Waals surface area contributed by atoms with Crippen LogP contribution in [0.15, 0.2) is 47.6 Å². The van der Waals surface area contributed by atoms with Crippen LogP contribution in [0, 0.1) is 5.82 Å². The molecule has 0 radical (unpaired) electrons. The number of hydrogen-bond donors (Lipinski definition) is 0. The number of carbonyl (C=O) groups is 1. The standard InChI is InChI=1S/C16H19FO2/c1-12(2)6-4-7-13(3)10-16(18)19-15-9-5-8-14(17)11-15/h5-6,8-11H,4,7H2,1-3H3/b13-10+. The molecular formula is C16H19FO2. The second-order valence-corrected chi connectivity index (χ2v) is 4.69. The van der Waals surface area contributed by atoms with Gasteiger partial charge in [-0.25, -0.2) is 9.18 Å². The van der Waals surface area contributed by atoms with Gasteiger partial charge in [0.25, 0.3) is 0 Å². The van der Waals surface area contributed by atoms with E-state index in [2.05, 4.69) is 6.08 Å². The van der Waals surface area contributed by atoms with E-state index in [0.29, 0.717) is 0 Å². The number of allylic oxidation sites excluding steroid dienone is 3. The first-order valence-electron chi connectivity index (χ1n) is 6.25. The van der Waals surface area contributed by atoms with Crippen molar-refractivity contribution in [1.29, 1.82) is 0 Å². The maximum Gasteiger partial charge on any atom is 0.336 e. The Morgan fingerprint density at radius 2 is 2.05 bits per heavy atom. The van der Waals surface area contributed by atoms with Crippen LogP contribution in [0.5, 0.6) is 5.75 Å². The summed E-state index contributed by atoms with van der Waals surface area (Å²) in [4.78, 5) is 11.6. The fourth-order valence-electron chi connectivity index (χ4n) is 1.54. The van der Waals surface area contributed by atoms with Gasteiger partial charge in [-0.15, -0.1) is 0 Å². The first kappa shape index (κ1) is 15.2. The number of ether oxygens (including phenoxy) is 1. The van der Waals surface area contributed by atoms with Gasteiger partial charge in [0.1, 0.15) is 11.6 Å². The molecule has 0 aliphatic rings. The molecule has 0 bridgehead atoms. The van der Waals surface area contributed by atoms with E-state index in [1.807, 2.05) is 20.8 Å². The van der Waals surface area contributed by atoms with Crippen LogP contribution in [-0.2, 0) is 4.79 Å². The highest BCUT2D eigenvalue weighted by Crippen LogP contribution is 2.13. The molecule has 0 aliphatic heterocycles. The van der Waals surface area contributed by atoms with Gasteiger partial charge in [-0.05, 0) is 45.7 Å². The Balaban J connectivity index is 2.52. The molecule has 0 saturated heterocycles. The van der Waals surface area contributed by atoms with Gasteiger partial charge in [0, 0.05) is 12.1 Å². The van der Waals surface area contributed by atoms with Gasteiger partial charge in [-0.1, -0.05) is 23.3 Å². The highest BCUT2D eigenvalue weighted by Gasteiger charge is 2.03. The van der Waals surface area contributed by atoms with Crippen molar-refractivity contribution in [3.8, 4) is 5.75 Å². The number of halogens is 1. The second kappa shape index (κ2) is 7.52. The van der Waals surface area contributed by atoms with Crippen LogP contribution in [-0.4, -0.2) is 5.97 Å². The summed E-state index contributed by atoms with van der Waals surface area (Å²) in [6.45, 7) is 5.96. The van der Waals surface area contributed by atoms with Crippen LogP contribution in [0.25, 0.3) is 0 Å². The number of benzene rings is 1. The zero-order valence-electron chi connectivity index (χ0n) is 11.6. The molecule has 0 N–H and O–H groups in total. The Labute approximate surface area is 113 Å². The fourth-order valence-corrected chi connectivity index (χ4v) is 1.54. The van der Waals surface area contributed by atoms with Crippen molar-refractivity contribution in [3.05, 3.63) is 53.4 Å². The number of carbonyl (C=O) groups excluding carboxylic acids is 1. The molecule has 0 spiro atoms. The Morgan fingerprint density at radius 1 is 1.32 bits per heavy atom. The average Bonchev–Trinajstić information content (AvgIpc) is 2.27. The third-order valence-electron chi connectivity index (χ3n) is 2.47. The summed E-state index contributed by atoms with van der Waals surface area (Å²) in [5.74, 6) is -0.673. The van der Waals surface area contributed by atoms with Gasteiger partial charge in [0.15, 0.2) is 0 Å². The van der Waals surface area contributed by atoms with E-state index in [-0.39, 0.29) is 5.75 Å². The van der Waals surface area contributed by atoms with Crippen LogP contribution in [0.4, 0.5) is 4.39 Å². The van der Waals surface area contributed by atoms with Crippen molar-refractivity contribution in [1.82, 2.24) is 0 Å². The van der Waals surface area contributed by atoms with Crippen LogP contribution in [0.1, 0.15) is 33.6 Å². The largest absolute Gasteiger partial charge is 0.423 e. The summed E-state index contributed by atoms with van der Waals surface area (Å²) in [7, 11) is 0. The van der Waals surface area contributed by atoms with Crippen LogP contribution >= 0.6 is 0 Å². The van der Waals surface area contributed by atoms with Crippen molar-refractivity contribution >= 4 is 5.97 Å². The molecule has 0 heterocycles. The number of rotatable bonds is 5. The number of hydrogen-bond acceptors (Lipinski definition) is 2. The van der Waals surface area contributed by atoms with Crippen LogP contribution in [0.3, 0.4) is 0 Å². The molecule has 0 fully saturated rings. The third-order valence-corrected chi connectivity index (χ3v) is 2.47. The Morgan fingerprint density at radius 3 is 2.68 bits per heavy atom. The molecule has 2 nitrogen and oxygen atoms in total. The monoisotopic (exact) mass is 262 g/mol. The maximum atomic E-state index is 12.9.